The van der Waals surface area contributed by atoms with Crippen LogP contribution < -0.4 is 15.1 Å². The van der Waals surface area contributed by atoms with Crippen molar-refractivity contribution in [1.29, 1.82) is 0 Å². The molecule has 2 unspecified atom stereocenters. The van der Waals surface area contributed by atoms with Crippen LogP contribution in [0.5, 0.6) is 0 Å². The molecule has 3 aromatic rings. The van der Waals surface area contributed by atoms with Crippen LogP contribution in [0.4, 0.5) is 11.4 Å². The minimum atomic E-state index is -0.0399. The molecule has 1 aromatic carbocycles. The highest BCUT2D eigenvalue weighted by Crippen LogP contribution is 2.44. The number of benzene rings is 1. The number of nitrogens with one attached hydrogen (secondary N) is 1. The van der Waals surface area contributed by atoms with Crippen molar-refractivity contribution < 1.29 is 0 Å². The second kappa shape index (κ2) is 7.46. The molecule has 0 aliphatic carbocycles. The Morgan fingerprint density at radius 1 is 1.11 bits per heavy atom. The quantitative estimate of drug-likeness (QED) is 0.604. The molecule has 1 aliphatic rings. The Morgan fingerprint density at radius 2 is 1.89 bits per heavy atom. The molecule has 2 atom stereocenters. The molecule has 0 spiro atoms. The Bertz CT molecular complexity index is 940. The van der Waals surface area contributed by atoms with Gasteiger partial charge in [-0.3, -0.25) is 4.98 Å². The van der Waals surface area contributed by atoms with Gasteiger partial charge in [0.1, 0.15) is 0 Å². The summed E-state index contributed by atoms with van der Waals surface area (Å²) in [6.07, 6.45) is 1.81. The van der Waals surface area contributed by atoms with E-state index < -0.39 is 0 Å². The molecule has 0 bridgehead atoms. The molecule has 27 heavy (non-hydrogen) atoms. The molecule has 1 saturated heterocycles. The van der Waals surface area contributed by atoms with Gasteiger partial charge in [0.2, 0.25) is 0 Å². The zero-order chi connectivity index (χ0) is 19.0. The standard InChI is InChI=1S/C20H19ClN4S2/c1-24(2)13-6-8-14(9-7-13)25-19(16-10-11-17(21)27-16)18(23-20(25)26)15-5-3-4-12-22-15/h3-12,18-19H,1-2H3,(H,23,26). The van der Waals surface area contributed by atoms with Crippen LogP contribution in [0.2, 0.25) is 4.34 Å². The van der Waals surface area contributed by atoms with E-state index in [0.717, 1.165) is 26.3 Å². The molecule has 0 amide bonds. The van der Waals surface area contributed by atoms with Crippen molar-refractivity contribution in [3.8, 4) is 0 Å². The van der Waals surface area contributed by atoms with Gasteiger partial charge in [-0.2, -0.15) is 0 Å². The number of halogens is 1. The third-order valence-electron chi connectivity index (χ3n) is 4.63. The van der Waals surface area contributed by atoms with Gasteiger partial charge in [0, 0.05) is 36.5 Å². The van der Waals surface area contributed by atoms with Crippen LogP contribution >= 0.6 is 35.2 Å². The van der Waals surface area contributed by atoms with Crippen LogP contribution in [0.15, 0.2) is 60.8 Å². The summed E-state index contributed by atoms with van der Waals surface area (Å²) in [6, 6.07) is 18.3. The van der Waals surface area contributed by atoms with E-state index in [-0.39, 0.29) is 12.1 Å². The number of nitrogens with zero attached hydrogens (tertiary/aromatic N) is 3. The number of anilines is 2. The van der Waals surface area contributed by atoms with E-state index in [0.29, 0.717) is 5.11 Å². The molecular formula is C20H19ClN4S2. The molecule has 1 fully saturated rings. The van der Waals surface area contributed by atoms with Crippen molar-refractivity contribution in [1.82, 2.24) is 10.3 Å². The molecule has 2 aromatic heterocycles. The summed E-state index contributed by atoms with van der Waals surface area (Å²) in [5.41, 5.74) is 3.15. The molecule has 4 rings (SSSR count). The first kappa shape index (κ1) is 18.2. The van der Waals surface area contributed by atoms with E-state index in [1.807, 2.05) is 44.6 Å². The monoisotopic (exact) mass is 414 g/mol. The number of thiophene rings is 1. The summed E-state index contributed by atoms with van der Waals surface area (Å²) in [6.45, 7) is 0. The molecule has 138 valence electrons. The zero-order valence-electron chi connectivity index (χ0n) is 15.0. The lowest BCUT2D eigenvalue weighted by atomic mass is 10.0. The van der Waals surface area contributed by atoms with Gasteiger partial charge in [-0.05, 0) is 60.7 Å². The summed E-state index contributed by atoms with van der Waals surface area (Å²) in [4.78, 5) is 9.96. The lowest BCUT2D eigenvalue weighted by molar-refractivity contribution is 0.575. The highest BCUT2D eigenvalue weighted by atomic mass is 35.5. The Hall–Kier alpha value is -2.15. The van der Waals surface area contributed by atoms with Crippen molar-refractivity contribution >= 4 is 51.6 Å². The second-order valence-corrected chi connectivity index (χ2v) is 8.68. The predicted octanol–water partition coefficient (Wildman–Crippen LogP) is 5.04. The van der Waals surface area contributed by atoms with Gasteiger partial charge in [0.05, 0.1) is 22.1 Å². The van der Waals surface area contributed by atoms with Crippen LogP contribution in [0, 0.1) is 0 Å². The van der Waals surface area contributed by atoms with Crippen molar-refractivity contribution in [2.45, 2.75) is 12.1 Å². The van der Waals surface area contributed by atoms with Gasteiger partial charge in [-0.15, -0.1) is 11.3 Å². The fraction of sp³-hybridized carbons (Fsp3) is 0.200. The largest absolute Gasteiger partial charge is 0.378 e. The van der Waals surface area contributed by atoms with E-state index in [9.17, 15) is 0 Å². The minimum absolute atomic E-state index is 0.00453. The Labute approximate surface area is 173 Å². The predicted molar refractivity (Wildman–Crippen MR) is 118 cm³/mol. The van der Waals surface area contributed by atoms with Crippen molar-refractivity contribution in [2.75, 3.05) is 23.9 Å². The molecule has 3 heterocycles. The lowest BCUT2D eigenvalue weighted by Gasteiger charge is -2.27. The number of hydrogen-bond donors (Lipinski definition) is 1. The van der Waals surface area contributed by atoms with Crippen LogP contribution in [0.3, 0.4) is 0 Å². The number of thiocarbonyl (C=S) groups is 1. The second-order valence-electron chi connectivity index (χ2n) is 6.55. The first-order valence-electron chi connectivity index (χ1n) is 8.58. The molecular weight excluding hydrogens is 396 g/mol. The average Bonchev–Trinajstić information content (AvgIpc) is 3.25. The van der Waals surface area contributed by atoms with Crippen LogP contribution in [0.1, 0.15) is 22.7 Å². The van der Waals surface area contributed by atoms with E-state index in [1.165, 1.54) is 0 Å². The van der Waals surface area contributed by atoms with Crippen LogP contribution in [-0.2, 0) is 0 Å². The Morgan fingerprint density at radius 3 is 2.48 bits per heavy atom. The first-order valence-corrected chi connectivity index (χ1v) is 10.2. The molecule has 1 N–H and O–H groups in total. The Balaban J connectivity index is 1.78. The SMILES string of the molecule is CN(C)c1ccc(N2C(=S)NC(c3ccccn3)C2c2ccc(Cl)s2)cc1. The summed E-state index contributed by atoms with van der Waals surface area (Å²) < 4.78 is 0.769. The summed E-state index contributed by atoms with van der Waals surface area (Å²) in [5.74, 6) is 0. The van der Waals surface area contributed by atoms with Crippen molar-refractivity contribution in [3.63, 3.8) is 0 Å². The van der Waals surface area contributed by atoms with E-state index in [2.05, 4.69) is 50.4 Å². The van der Waals surface area contributed by atoms with Gasteiger partial charge >= 0.3 is 0 Å². The number of hydrogen-bond acceptors (Lipinski definition) is 4. The zero-order valence-corrected chi connectivity index (χ0v) is 17.4. The van der Waals surface area contributed by atoms with Crippen LogP contribution in [0.25, 0.3) is 0 Å². The van der Waals surface area contributed by atoms with Crippen LogP contribution in [-0.4, -0.2) is 24.2 Å². The Kier molecular flexibility index (Phi) is 5.04. The summed E-state index contributed by atoms with van der Waals surface area (Å²) in [5, 5.41) is 4.15. The van der Waals surface area contributed by atoms with Gasteiger partial charge in [0.25, 0.3) is 0 Å². The molecule has 0 radical (unpaired) electrons. The molecule has 7 heteroatoms. The first-order chi connectivity index (χ1) is 13.0. The topological polar surface area (TPSA) is 31.4 Å². The molecule has 4 nitrogen and oxygen atoms in total. The number of rotatable bonds is 4. The molecule has 0 saturated carbocycles. The van der Waals surface area contributed by atoms with E-state index >= 15 is 0 Å². The smallest absolute Gasteiger partial charge is 0.174 e. The van der Waals surface area contributed by atoms with Gasteiger partial charge in [0.15, 0.2) is 5.11 Å². The maximum atomic E-state index is 6.24. The fourth-order valence-electron chi connectivity index (χ4n) is 3.32. The van der Waals surface area contributed by atoms with E-state index in [4.69, 9.17) is 23.8 Å². The maximum absolute atomic E-state index is 6.24. The summed E-state index contributed by atoms with van der Waals surface area (Å²) >= 11 is 13.5. The fourth-order valence-corrected chi connectivity index (χ4v) is 4.86. The van der Waals surface area contributed by atoms with Gasteiger partial charge in [-0.1, -0.05) is 17.7 Å². The number of pyridine rings is 1. The highest BCUT2D eigenvalue weighted by molar-refractivity contribution is 7.80. The van der Waals surface area contributed by atoms with Crippen molar-refractivity contribution in [2.24, 2.45) is 0 Å². The summed E-state index contributed by atoms with van der Waals surface area (Å²) in [7, 11) is 4.06. The lowest BCUT2D eigenvalue weighted by Crippen LogP contribution is -2.29. The van der Waals surface area contributed by atoms with Gasteiger partial charge in [-0.25, -0.2) is 0 Å². The average molecular weight is 415 g/mol. The highest BCUT2D eigenvalue weighted by Gasteiger charge is 2.41. The van der Waals surface area contributed by atoms with Gasteiger partial charge < -0.3 is 15.1 Å². The molecule has 1 aliphatic heterocycles. The maximum Gasteiger partial charge on any atom is 0.174 e. The minimum Gasteiger partial charge on any atom is -0.378 e. The van der Waals surface area contributed by atoms with E-state index in [1.54, 1.807) is 11.3 Å². The van der Waals surface area contributed by atoms with Crippen molar-refractivity contribution in [3.05, 3.63) is 75.7 Å². The third-order valence-corrected chi connectivity index (χ3v) is 6.24. The third kappa shape index (κ3) is 3.52. The normalized spacial score (nSPS) is 19.2. The number of aromatic nitrogens is 1.